The summed E-state index contributed by atoms with van der Waals surface area (Å²) in [6, 6.07) is 6.21. The fourth-order valence-electron chi connectivity index (χ4n) is 3.06. The van der Waals surface area contributed by atoms with Gasteiger partial charge in [0, 0.05) is 11.8 Å². The number of hydrogen-bond acceptors (Lipinski definition) is 8. The topological polar surface area (TPSA) is 143 Å². The first kappa shape index (κ1) is 16.7. The molecule has 6 atom stereocenters. The second-order valence-corrected chi connectivity index (χ2v) is 6.31. The van der Waals surface area contributed by atoms with Crippen molar-refractivity contribution in [2.24, 2.45) is 4.99 Å². The molecule has 1 unspecified atom stereocenters. The number of aliphatic hydroxyl groups is 6. The van der Waals surface area contributed by atoms with Crippen LogP contribution in [0.5, 0.6) is 0 Å². The molecule has 0 radical (unpaired) electrons. The highest BCUT2D eigenvalue weighted by Gasteiger charge is 2.70. The van der Waals surface area contributed by atoms with Gasteiger partial charge in [-0.2, -0.15) is 0 Å². The van der Waals surface area contributed by atoms with Crippen LogP contribution in [-0.4, -0.2) is 72.6 Å². The molecule has 2 aliphatic rings. The van der Waals surface area contributed by atoms with Crippen LogP contribution in [0.4, 0.5) is 5.69 Å². The first-order valence-corrected chi connectivity index (χ1v) is 7.20. The van der Waals surface area contributed by atoms with Crippen LogP contribution in [0.3, 0.4) is 0 Å². The first-order chi connectivity index (χ1) is 10.7. The van der Waals surface area contributed by atoms with Crippen LogP contribution in [0, 0.1) is 0 Å². The number of aliphatic imine (C=N–C) groups is 1. The van der Waals surface area contributed by atoms with Crippen LogP contribution < -0.4 is 0 Å². The maximum atomic E-state index is 11.0. The van der Waals surface area contributed by atoms with Crippen molar-refractivity contribution in [1.82, 2.24) is 0 Å². The third kappa shape index (κ3) is 2.01. The van der Waals surface area contributed by atoms with Crippen LogP contribution in [0.25, 0.3) is 0 Å². The normalized spacial score (nSPS) is 46.0. The van der Waals surface area contributed by atoms with E-state index in [2.05, 4.69) is 4.99 Å². The number of ether oxygens (including phenoxy) is 1. The largest absolute Gasteiger partial charge is 0.392 e. The van der Waals surface area contributed by atoms with Gasteiger partial charge in [0.25, 0.3) is 0 Å². The lowest BCUT2D eigenvalue weighted by atomic mass is 9.69. The summed E-state index contributed by atoms with van der Waals surface area (Å²) in [4.78, 5) is 3.96. The van der Waals surface area contributed by atoms with E-state index in [9.17, 15) is 30.6 Å². The van der Waals surface area contributed by atoms with Gasteiger partial charge in [0.1, 0.15) is 12.2 Å². The highest BCUT2D eigenvalue weighted by atomic mass is 35.5. The Balaban J connectivity index is 2.18. The van der Waals surface area contributed by atoms with Gasteiger partial charge in [0.05, 0.1) is 12.3 Å². The maximum Gasteiger partial charge on any atom is 0.196 e. The van der Waals surface area contributed by atoms with E-state index < -0.39 is 41.4 Å². The van der Waals surface area contributed by atoms with Gasteiger partial charge in [-0.15, -0.1) is 0 Å². The van der Waals surface area contributed by atoms with Crippen LogP contribution in [0.15, 0.2) is 29.3 Å². The number of halogens is 1. The molecule has 0 bridgehead atoms. The molecular weight excluding hydrogens is 330 g/mol. The molecule has 0 spiro atoms. The molecule has 2 heterocycles. The van der Waals surface area contributed by atoms with Crippen molar-refractivity contribution in [1.29, 1.82) is 0 Å². The second-order valence-electron chi connectivity index (χ2n) is 5.67. The molecule has 9 heteroatoms. The van der Waals surface area contributed by atoms with Crippen molar-refractivity contribution in [3.63, 3.8) is 0 Å². The van der Waals surface area contributed by atoms with Crippen molar-refractivity contribution in [2.75, 3.05) is 6.61 Å². The summed E-state index contributed by atoms with van der Waals surface area (Å²) in [7, 11) is 0. The lowest BCUT2D eigenvalue weighted by Crippen LogP contribution is -2.77. The van der Waals surface area contributed by atoms with E-state index in [-0.39, 0.29) is 5.56 Å². The molecule has 0 aliphatic carbocycles. The molecule has 0 aromatic heterocycles. The molecule has 2 aliphatic heterocycles. The van der Waals surface area contributed by atoms with Gasteiger partial charge in [-0.1, -0.05) is 29.8 Å². The Kier molecular flexibility index (Phi) is 3.79. The minimum Gasteiger partial charge on any atom is -0.392 e. The molecule has 3 rings (SSSR count). The number of hydrogen-bond donors (Lipinski definition) is 6. The van der Waals surface area contributed by atoms with Gasteiger partial charge in [0.15, 0.2) is 22.6 Å². The number of benzene rings is 1. The number of aliphatic hydroxyl groups excluding tert-OH is 4. The quantitative estimate of drug-likeness (QED) is 0.351. The Bertz CT molecular complexity index is 658. The highest BCUT2D eigenvalue weighted by Crippen LogP contribution is 2.50. The zero-order valence-electron chi connectivity index (χ0n) is 11.7. The van der Waals surface area contributed by atoms with Crippen molar-refractivity contribution >= 4 is 23.5 Å². The Morgan fingerprint density at radius 3 is 2.48 bits per heavy atom. The summed E-state index contributed by atoms with van der Waals surface area (Å²) >= 11 is 5.91. The Morgan fingerprint density at radius 1 is 1.17 bits per heavy atom. The van der Waals surface area contributed by atoms with Gasteiger partial charge in [-0.25, -0.2) is 0 Å². The van der Waals surface area contributed by atoms with E-state index in [1.54, 1.807) is 18.2 Å². The summed E-state index contributed by atoms with van der Waals surface area (Å²) < 4.78 is 4.79. The predicted molar refractivity (Wildman–Crippen MR) is 78.2 cm³/mol. The second kappa shape index (κ2) is 5.20. The first-order valence-electron chi connectivity index (χ1n) is 6.82. The van der Waals surface area contributed by atoms with E-state index in [0.29, 0.717) is 5.69 Å². The Morgan fingerprint density at radius 2 is 1.83 bits per heavy atom. The minimum absolute atomic E-state index is 0.103. The molecular formula is C14H16ClNO7. The molecule has 1 fully saturated rings. The summed E-state index contributed by atoms with van der Waals surface area (Å²) in [6.07, 6.45) is -5.39. The third-order valence-corrected chi connectivity index (χ3v) is 4.81. The predicted octanol–water partition coefficient (Wildman–Crippen LogP) is -1.68. The van der Waals surface area contributed by atoms with Crippen molar-refractivity contribution in [3.8, 4) is 0 Å². The van der Waals surface area contributed by atoms with Gasteiger partial charge in [0.2, 0.25) is 0 Å². The zero-order valence-corrected chi connectivity index (χ0v) is 12.5. The standard InChI is InChI=1S/C14H16ClNO7/c15-13(6-17)11(20)14(22,9(18)10(19)23-13)12(21)5-16-8-4-2-1-3-7(8)12/h1-5,9-11,17-22H,6H2/t9-,10+,11-,12?,13-,14-/m1/s1. The molecule has 0 amide bonds. The van der Waals surface area contributed by atoms with Crippen LogP contribution >= 0.6 is 11.6 Å². The molecule has 6 N–H and O–H groups in total. The number of para-hydroxylation sites is 1. The summed E-state index contributed by atoms with van der Waals surface area (Å²) in [6.45, 7) is -0.989. The molecule has 8 nitrogen and oxygen atoms in total. The maximum absolute atomic E-state index is 11.0. The van der Waals surface area contributed by atoms with E-state index >= 15 is 0 Å². The average molecular weight is 346 g/mol. The fourth-order valence-corrected chi connectivity index (χ4v) is 3.31. The molecule has 126 valence electrons. The van der Waals surface area contributed by atoms with Crippen molar-refractivity contribution < 1.29 is 35.4 Å². The number of rotatable bonds is 2. The number of alkyl halides is 1. The average Bonchev–Trinajstić information content (AvgIpc) is 2.90. The number of fused-ring (bicyclic) bond motifs is 1. The smallest absolute Gasteiger partial charge is 0.196 e. The van der Waals surface area contributed by atoms with E-state index in [0.717, 1.165) is 6.21 Å². The van der Waals surface area contributed by atoms with Gasteiger partial charge in [-0.05, 0) is 6.07 Å². The van der Waals surface area contributed by atoms with E-state index in [4.69, 9.17) is 16.3 Å². The van der Waals surface area contributed by atoms with E-state index in [1.165, 1.54) is 6.07 Å². The highest BCUT2D eigenvalue weighted by molar-refractivity contribution is 6.23. The monoisotopic (exact) mass is 345 g/mol. The van der Waals surface area contributed by atoms with Crippen molar-refractivity contribution in [2.45, 2.75) is 34.8 Å². The molecule has 1 aromatic carbocycles. The van der Waals surface area contributed by atoms with Crippen LogP contribution in [-0.2, 0) is 10.3 Å². The summed E-state index contributed by atoms with van der Waals surface area (Å²) in [5.74, 6) is 0. The van der Waals surface area contributed by atoms with Crippen LogP contribution in [0.2, 0.25) is 0 Å². The van der Waals surface area contributed by atoms with E-state index in [1.807, 2.05) is 0 Å². The van der Waals surface area contributed by atoms with Crippen LogP contribution in [0.1, 0.15) is 5.56 Å². The molecule has 0 saturated carbocycles. The molecule has 1 saturated heterocycles. The van der Waals surface area contributed by atoms with Gasteiger partial charge in [-0.3, -0.25) is 4.99 Å². The zero-order chi connectivity index (χ0) is 17.0. The lowest BCUT2D eigenvalue weighted by molar-refractivity contribution is -0.360. The Hall–Kier alpha value is -1.10. The molecule has 1 aromatic rings. The summed E-state index contributed by atoms with van der Waals surface area (Å²) in [5, 5.41) is 59.4. The molecule has 23 heavy (non-hydrogen) atoms. The Labute approximate surface area is 135 Å². The summed E-state index contributed by atoms with van der Waals surface area (Å²) in [5.41, 5.74) is -4.73. The van der Waals surface area contributed by atoms with Gasteiger partial charge < -0.3 is 35.4 Å². The lowest BCUT2D eigenvalue weighted by Gasteiger charge is -2.54. The fraction of sp³-hybridized carbons (Fsp3) is 0.500. The minimum atomic E-state index is -2.79. The van der Waals surface area contributed by atoms with Crippen molar-refractivity contribution in [3.05, 3.63) is 29.8 Å². The number of nitrogens with zero attached hydrogens (tertiary/aromatic N) is 1. The SMILES string of the molecule is OC[C@@]1(Cl)O[C@H](O)[C@@H](O)[C@](O)(C2(O)C=Nc3ccccc32)[C@@H]1O. The third-order valence-electron chi connectivity index (χ3n) is 4.39. The van der Waals surface area contributed by atoms with Gasteiger partial charge >= 0.3 is 0 Å².